The molecule has 29 heavy (non-hydrogen) atoms. The van der Waals surface area contributed by atoms with Crippen LogP contribution in [0.2, 0.25) is 5.02 Å². The molecule has 158 valence electrons. The van der Waals surface area contributed by atoms with Gasteiger partial charge in [0.25, 0.3) is 0 Å². The van der Waals surface area contributed by atoms with Crippen LogP contribution in [-0.2, 0) is 14.8 Å². The fourth-order valence-corrected chi connectivity index (χ4v) is 3.83. The summed E-state index contributed by atoms with van der Waals surface area (Å²) in [7, 11) is -2.24. The van der Waals surface area contributed by atoms with E-state index in [2.05, 4.69) is 5.32 Å². The number of nitrogens with zero attached hydrogens (tertiary/aromatic N) is 1. The third-order valence-corrected chi connectivity index (χ3v) is 5.62. The number of nitrogens with one attached hydrogen (secondary N) is 1. The number of benzene rings is 2. The number of carbonyl (C=O) groups excluding carboxylic acids is 1. The van der Waals surface area contributed by atoms with Crippen LogP contribution in [0.15, 0.2) is 42.5 Å². The average Bonchev–Trinajstić information content (AvgIpc) is 2.66. The molecule has 9 heteroatoms. The van der Waals surface area contributed by atoms with Crippen LogP contribution in [0.3, 0.4) is 0 Å². The van der Waals surface area contributed by atoms with Crippen molar-refractivity contribution in [3.8, 4) is 11.5 Å². The second-order valence-corrected chi connectivity index (χ2v) is 8.69. The normalized spacial score (nSPS) is 12.2. The van der Waals surface area contributed by atoms with E-state index in [1.165, 1.54) is 19.2 Å². The highest BCUT2D eigenvalue weighted by Crippen LogP contribution is 2.30. The Morgan fingerprint density at radius 1 is 1.21 bits per heavy atom. The second kappa shape index (κ2) is 9.84. The molecular formula is C20H25ClN2O5S. The summed E-state index contributed by atoms with van der Waals surface area (Å²) in [6.07, 6.45) is 1.04. The minimum atomic E-state index is -3.71. The van der Waals surface area contributed by atoms with Gasteiger partial charge in [0.2, 0.25) is 15.9 Å². The van der Waals surface area contributed by atoms with E-state index >= 15 is 0 Å². The van der Waals surface area contributed by atoms with Gasteiger partial charge in [-0.25, -0.2) is 8.42 Å². The van der Waals surface area contributed by atoms with Gasteiger partial charge < -0.3 is 14.8 Å². The molecule has 0 saturated heterocycles. The standard InChI is InChI=1S/C20H25ClN2O5S/c1-5-28-17-9-6-15(7-10-17)14(2)22-20(24)13-23(29(4,25)26)16-8-11-19(27-3)18(21)12-16/h6-12,14H,5,13H2,1-4H3,(H,22,24)/t14-/m1/s1. The van der Waals surface area contributed by atoms with Crippen LogP contribution in [0.1, 0.15) is 25.5 Å². The molecule has 0 aliphatic carbocycles. The maximum absolute atomic E-state index is 12.5. The number of carbonyl (C=O) groups is 1. The highest BCUT2D eigenvalue weighted by atomic mass is 35.5. The smallest absolute Gasteiger partial charge is 0.241 e. The van der Waals surface area contributed by atoms with Crippen LogP contribution >= 0.6 is 11.6 Å². The molecular weight excluding hydrogens is 416 g/mol. The van der Waals surface area contributed by atoms with E-state index in [-0.39, 0.29) is 23.3 Å². The molecule has 0 aliphatic rings. The van der Waals surface area contributed by atoms with Crippen LogP contribution in [0.4, 0.5) is 5.69 Å². The van der Waals surface area contributed by atoms with Crippen molar-refractivity contribution in [3.05, 3.63) is 53.1 Å². The van der Waals surface area contributed by atoms with Crippen molar-refractivity contribution in [2.45, 2.75) is 19.9 Å². The van der Waals surface area contributed by atoms with Gasteiger partial charge in [-0.05, 0) is 49.7 Å². The number of ether oxygens (including phenoxy) is 2. The zero-order valence-electron chi connectivity index (χ0n) is 16.8. The molecule has 0 heterocycles. The predicted molar refractivity (Wildman–Crippen MR) is 114 cm³/mol. The third kappa shape index (κ3) is 6.27. The molecule has 1 N–H and O–H groups in total. The van der Waals surface area contributed by atoms with Crippen LogP contribution in [-0.4, -0.2) is 40.8 Å². The molecule has 0 fully saturated rings. The number of methoxy groups -OCH3 is 1. The van der Waals surface area contributed by atoms with Crippen molar-refractivity contribution in [2.75, 3.05) is 30.8 Å². The SMILES string of the molecule is CCOc1ccc([C@@H](C)NC(=O)CN(c2ccc(OC)c(Cl)c2)S(C)(=O)=O)cc1. The van der Waals surface area contributed by atoms with E-state index in [1.807, 2.05) is 38.1 Å². The molecule has 7 nitrogen and oxygen atoms in total. The zero-order chi connectivity index (χ0) is 21.6. The first-order valence-electron chi connectivity index (χ1n) is 8.99. The Hall–Kier alpha value is -2.45. The van der Waals surface area contributed by atoms with Crippen molar-refractivity contribution < 1.29 is 22.7 Å². The van der Waals surface area contributed by atoms with Gasteiger partial charge in [-0.3, -0.25) is 9.10 Å². The summed E-state index contributed by atoms with van der Waals surface area (Å²) in [4.78, 5) is 12.5. The Morgan fingerprint density at radius 2 is 1.86 bits per heavy atom. The van der Waals surface area contributed by atoms with E-state index in [1.54, 1.807) is 6.07 Å². The Balaban J connectivity index is 2.13. The molecule has 0 aliphatic heterocycles. The van der Waals surface area contributed by atoms with Gasteiger partial charge in [0.15, 0.2) is 0 Å². The van der Waals surface area contributed by atoms with Crippen LogP contribution in [0.25, 0.3) is 0 Å². The fourth-order valence-electron chi connectivity index (χ4n) is 2.73. The number of rotatable bonds is 9. The third-order valence-electron chi connectivity index (χ3n) is 4.18. The minimum Gasteiger partial charge on any atom is -0.495 e. The molecule has 0 spiro atoms. The fraction of sp³-hybridized carbons (Fsp3) is 0.350. The Kier molecular flexibility index (Phi) is 7.75. The van der Waals surface area contributed by atoms with Gasteiger partial charge in [0.05, 0.1) is 36.7 Å². The van der Waals surface area contributed by atoms with Crippen molar-refractivity contribution in [1.29, 1.82) is 0 Å². The quantitative estimate of drug-likeness (QED) is 0.646. The van der Waals surface area contributed by atoms with E-state index < -0.39 is 15.9 Å². The molecule has 2 rings (SSSR count). The summed E-state index contributed by atoms with van der Waals surface area (Å²) in [5.41, 5.74) is 1.15. The van der Waals surface area contributed by atoms with Gasteiger partial charge in [0.1, 0.15) is 18.0 Å². The van der Waals surface area contributed by atoms with Crippen LogP contribution in [0.5, 0.6) is 11.5 Å². The lowest BCUT2D eigenvalue weighted by atomic mass is 10.1. The maximum Gasteiger partial charge on any atom is 0.241 e. The van der Waals surface area contributed by atoms with E-state index in [0.717, 1.165) is 21.9 Å². The molecule has 0 bridgehead atoms. The number of hydrogen-bond donors (Lipinski definition) is 1. The molecule has 2 aromatic carbocycles. The first-order chi connectivity index (χ1) is 13.7. The number of anilines is 1. The number of halogens is 1. The van der Waals surface area contributed by atoms with E-state index in [9.17, 15) is 13.2 Å². The summed E-state index contributed by atoms with van der Waals surface area (Å²) in [5, 5.41) is 3.07. The molecule has 0 aromatic heterocycles. The molecule has 0 unspecified atom stereocenters. The van der Waals surface area contributed by atoms with Crippen LogP contribution in [0, 0.1) is 0 Å². The highest BCUT2D eigenvalue weighted by molar-refractivity contribution is 7.92. The predicted octanol–water partition coefficient (Wildman–Crippen LogP) is 3.39. The lowest BCUT2D eigenvalue weighted by Gasteiger charge is -2.24. The summed E-state index contributed by atoms with van der Waals surface area (Å²) in [6, 6.07) is 11.6. The summed E-state index contributed by atoms with van der Waals surface area (Å²) >= 11 is 6.10. The van der Waals surface area contributed by atoms with Gasteiger partial charge >= 0.3 is 0 Å². The number of hydrogen-bond acceptors (Lipinski definition) is 5. The monoisotopic (exact) mass is 440 g/mol. The van der Waals surface area contributed by atoms with Crippen molar-refractivity contribution in [1.82, 2.24) is 5.32 Å². The summed E-state index contributed by atoms with van der Waals surface area (Å²) in [5.74, 6) is 0.718. The summed E-state index contributed by atoms with van der Waals surface area (Å²) in [6.45, 7) is 3.92. The van der Waals surface area contributed by atoms with Crippen molar-refractivity contribution in [3.63, 3.8) is 0 Å². The van der Waals surface area contributed by atoms with Gasteiger partial charge in [0, 0.05) is 0 Å². The lowest BCUT2D eigenvalue weighted by Crippen LogP contribution is -2.41. The first kappa shape index (κ1) is 22.8. The van der Waals surface area contributed by atoms with Gasteiger partial charge in [-0.15, -0.1) is 0 Å². The maximum atomic E-state index is 12.5. The molecule has 0 radical (unpaired) electrons. The first-order valence-corrected chi connectivity index (χ1v) is 11.2. The summed E-state index contributed by atoms with van der Waals surface area (Å²) < 4.78 is 36.0. The lowest BCUT2D eigenvalue weighted by molar-refractivity contribution is -0.120. The Bertz CT molecular complexity index is 948. The van der Waals surface area contributed by atoms with Gasteiger partial charge in [-0.1, -0.05) is 23.7 Å². The van der Waals surface area contributed by atoms with Crippen LogP contribution < -0.4 is 19.1 Å². The topological polar surface area (TPSA) is 84.9 Å². The Morgan fingerprint density at radius 3 is 2.38 bits per heavy atom. The zero-order valence-corrected chi connectivity index (χ0v) is 18.4. The highest BCUT2D eigenvalue weighted by Gasteiger charge is 2.22. The minimum absolute atomic E-state index is 0.252. The molecule has 0 saturated carbocycles. The second-order valence-electron chi connectivity index (χ2n) is 6.38. The average molecular weight is 441 g/mol. The largest absolute Gasteiger partial charge is 0.495 e. The number of sulfonamides is 1. The van der Waals surface area contributed by atoms with E-state index in [0.29, 0.717) is 12.4 Å². The van der Waals surface area contributed by atoms with E-state index in [4.69, 9.17) is 21.1 Å². The number of amides is 1. The molecule has 2 aromatic rings. The molecule has 1 amide bonds. The van der Waals surface area contributed by atoms with Crippen molar-refractivity contribution >= 4 is 33.2 Å². The van der Waals surface area contributed by atoms with Crippen molar-refractivity contribution in [2.24, 2.45) is 0 Å². The van der Waals surface area contributed by atoms with Gasteiger partial charge in [-0.2, -0.15) is 0 Å². The Labute approximate surface area is 176 Å². The molecule has 1 atom stereocenters.